The first-order valence-corrected chi connectivity index (χ1v) is 12.0. The third-order valence-corrected chi connectivity index (χ3v) is 10.5. The summed E-state index contributed by atoms with van der Waals surface area (Å²) in [5.41, 5.74) is 0. The summed E-state index contributed by atoms with van der Waals surface area (Å²) in [4.78, 5) is 0. The first-order valence-electron chi connectivity index (χ1n) is 8.67. The molecule has 0 radical (unpaired) electrons. The molecule has 0 saturated carbocycles. The van der Waals surface area contributed by atoms with Gasteiger partial charge in [-0.3, -0.25) is 0 Å². The Labute approximate surface area is 144 Å². The molecule has 0 spiro atoms. The molecule has 140 valence electrons. The van der Waals surface area contributed by atoms with Crippen molar-refractivity contribution in [3.05, 3.63) is 0 Å². The summed E-state index contributed by atoms with van der Waals surface area (Å²) in [6.07, 6.45) is 0. The van der Waals surface area contributed by atoms with Crippen LogP contribution >= 0.6 is 0 Å². The van der Waals surface area contributed by atoms with Gasteiger partial charge in [0.15, 0.2) is 0 Å². The van der Waals surface area contributed by atoms with Gasteiger partial charge in [0.2, 0.25) is 0 Å². The van der Waals surface area contributed by atoms with Crippen molar-refractivity contribution in [2.75, 3.05) is 46.2 Å². The zero-order chi connectivity index (χ0) is 17.8. The van der Waals surface area contributed by atoms with Gasteiger partial charge in [-0.2, -0.15) is 0 Å². The van der Waals surface area contributed by atoms with Gasteiger partial charge in [0.05, 0.1) is 0 Å². The van der Waals surface area contributed by atoms with E-state index in [0.717, 1.165) is 0 Å². The predicted octanol–water partition coefficient (Wildman–Crippen LogP) is 2.40. The molecule has 23 heavy (non-hydrogen) atoms. The van der Waals surface area contributed by atoms with Crippen molar-refractivity contribution in [2.24, 2.45) is 0 Å². The van der Waals surface area contributed by atoms with E-state index < -0.39 is 17.9 Å². The van der Waals surface area contributed by atoms with E-state index in [1.165, 1.54) is 0 Å². The van der Waals surface area contributed by atoms with Gasteiger partial charge in [0.1, 0.15) is 0 Å². The second-order valence-electron chi connectivity index (χ2n) is 4.39. The van der Waals surface area contributed by atoms with E-state index in [9.17, 15) is 0 Å². The molecule has 0 saturated heterocycles. The van der Waals surface area contributed by atoms with Crippen LogP contribution in [0.15, 0.2) is 0 Å². The molecule has 0 aliphatic heterocycles. The first-order chi connectivity index (χ1) is 11.1. The Balaban J connectivity index is 5.91. The van der Waals surface area contributed by atoms with Crippen molar-refractivity contribution in [1.82, 2.24) is 4.23 Å². The quantitative estimate of drug-likeness (QED) is 0.411. The molecule has 0 bridgehead atoms. The van der Waals surface area contributed by atoms with Crippen molar-refractivity contribution < 1.29 is 26.6 Å². The standard InChI is InChI=1S/C14H35NO6Si2/c1-8-15(22(16-9-2,17-10-3)18-11-4)23(19-12-5,20-13-6)21-14-7/h8-14H2,1-7H3. The maximum atomic E-state index is 6.02. The van der Waals surface area contributed by atoms with Gasteiger partial charge in [-0.15, -0.1) is 0 Å². The minimum absolute atomic E-state index is 0.484. The maximum Gasteiger partial charge on any atom is 0.598 e. The molecule has 0 aliphatic carbocycles. The number of hydrogen-bond donors (Lipinski definition) is 0. The second kappa shape index (κ2) is 12.5. The van der Waals surface area contributed by atoms with Gasteiger partial charge in [-0.25, -0.2) is 4.23 Å². The summed E-state index contributed by atoms with van der Waals surface area (Å²) in [6.45, 7) is 17.1. The maximum absolute atomic E-state index is 6.02. The van der Waals surface area contributed by atoms with Crippen LogP contribution < -0.4 is 0 Å². The summed E-state index contributed by atoms with van der Waals surface area (Å²) in [5.74, 6) is 0. The molecule has 0 unspecified atom stereocenters. The van der Waals surface area contributed by atoms with Crippen LogP contribution in [0.4, 0.5) is 0 Å². The third kappa shape index (κ3) is 6.18. The highest BCUT2D eigenvalue weighted by Crippen LogP contribution is 2.26. The lowest BCUT2D eigenvalue weighted by atomic mass is 10.8. The van der Waals surface area contributed by atoms with Crippen LogP contribution in [0.25, 0.3) is 0 Å². The van der Waals surface area contributed by atoms with E-state index in [-0.39, 0.29) is 0 Å². The van der Waals surface area contributed by atoms with Crippen LogP contribution in [-0.2, 0) is 26.6 Å². The molecule has 0 fully saturated rings. The molecule has 0 atom stereocenters. The van der Waals surface area contributed by atoms with Crippen LogP contribution in [-0.4, -0.2) is 68.3 Å². The van der Waals surface area contributed by atoms with Gasteiger partial charge in [-0.05, 0) is 48.1 Å². The fourth-order valence-electron chi connectivity index (χ4n) is 2.37. The minimum atomic E-state index is -3.15. The topological polar surface area (TPSA) is 58.6 Å². The number of nitrogens with zero attached hydrogens (tertiary/aromatic N) is 1. The monoisotopic (exact) mass is 369 g/mol. The average molecular weight is 370 g/mol. The normalized spacial score (nSPS) is 13.0. The molecular weight excluding hydrogens is 334 g/mol. The highest BCUT2D eigenvalue weighted by molar-refractivity contribution is 6.75. The number of hydrogen-bond acceptors (Lipinski definition) is 7. The predicted molar refractivity (Wildman–Crippen MR) is 93.6 cm³/mol. The summed E-state index contributed by atoms with van der Waals surface area (Å²) >= 11 is 0. The van der Waals surface area contributed by atoms with E-state index in [1.54, 1.807) is 0 Å². The smallest absolute Gasteiger partial charge is 0.362 e. The Kier molecular flexibility index (Phi) is 12.6. The summed E-state index contributed by atoms with van der Waals surface area (Å²) in [7, 11) is -6.30. The molecular formula is C14H35NO6Si2. The lowest BCUT2D eigenvalue weighted by Crippen LogP contribution is -2.74. The molecule has 0 aromatic rings. The highest BCUT2D eigenvalue weighted by atomic mass is 28.5. The average Bonchev–Trinajstić information content (AvgIpc) is 2.49. The summed E-state index contributed by atoms with van der Waals surface area (Å²) in [6, 6.07) is 0. The van der Waals surface area contributed by atoms with E-state index in [0.29, 0.717) is 46.2 Å². The Morgan fingerprint density at radius 3 is 0.826 bits per heavy atom. The molecule has 0 N–H and O–H groups in total. The Hall–Kier alpha value is 0.154. The summed E-state index contributed by atoms with van der Waals surface area (Å²) in [5, 5.41) is 0. The van der Waals surface area contributed by atoms with Crippen molar-refractivity contribution in [3.8, 4) is 0 Å². The largest absolute Gasteiger partial charge is 0.598 e. The van der Waals surface area contributed by atoms with Gasteiger partial charge in [-0.1, -0.05) is 6.92 Å². The van der Waals surface area contributed by atoms with Gasteiger partial charge < -0.3 is 26.6 Å². The fourth-order valence-corrected chi connectivity index (χ4v) is 9.27. The first kappa shape index (κ1) is 23.2. The van der Waals surface area contributed by atoms with Gasteiger partial charge in [0.25, 0.3) is 0 Å². The fraction of sp³-hybridized carbons (Fsp3) is 1.00. The molecule has 0 aliphatic rings. The van der Waals surface area contributed by atoms with Crippen LogP contribution in [0.5, 0.6) is 0 Å². The minimum Gasteiger partial charge on any atom is -0.362 e. The van der Waals surface area contributed by atoms with Gasteiger partial charge >= 0.3 is 17.9 Å². The van der Waals surface area contributed by atoms with E-state index in [4.69, 9.17) is 26.6 Å². The number of rotatable bonds is 15. The van der Waals surface area contributed by atoms with E-state index in [1.807, 2.05) is 52.7 Å². The van der Waals surface area contributed by atoms with E-state index >= 15 is 0 Å². The molecule has 0 rings (SSSR count). The third-order valence-electron chi connectivity index (χ3n) is 2.94. The van der Waals surface area contributed by atoms with Gasteiger partial charge in [0, 0.05) is 39.6 Å². The van der Waals surface area contributed by atoms with Crippen molar-refractivity contribution in [3.63, 3.8) is 0 Å². The van der Waals surface area contributed by atoms with Crippen molar-refractivity contribution >= 4 is 17.9 Å². The van der Waals surface area contributed by atoms with Crippen LogP contribution in [0, 0.1) is 0 Å². The Morgan fingerprint density at radius 1 is 0.478 bits per heavy atom. The Morgan fingerprint density at radius 2 is 0.696 bits per heavy atom. The summed E-state index contributed by atoms with van der Waals surface area (Å²) < 4.78 is 38.1. The Bertz CT molecular complexity index is 238. The van der Waals surface area contributed by atoms with Crippen LogP contribution in [0.1, 0.15) is 48.5 Å². The lowest BCUT2D eigenvalue weighted by molar-refractivity contribution is -0.0176. The van der Waals surface area contributed by atoms with Crippen molar-refractivity contribution in [2.45, 2.75) is 48.5 Å². The van der Waals surface area contributed by atoms with Crippen LogP contribution in [0.3, 0.4) is 0 Å². The van der Waals surface area contributed by atoms with Crippen molar-refractivity contribution in [1.29, 1.82) is 0 Å². The molecule has 0 amide bonds. The SMILES string of the molecule is CCO[Si](OCC)(OCC)N(CC)[Si](OCC)(OCC)OCC. The molecule has 7 nitrogen and oxygen atoms in total. The molecule has 0 aromatic heterocycles. The second-order valence-corrected chi connectivity index (χ2v) is 9.74. The van der Waals surface area contributed by atoms with E-state index in [2.05, 4.69) is 0 Å². The molecule has 0 aromatic carbocycles. The molecule has 9 heteroatoms. The zero-order valence-corrected chi connectivity index (χ0v) is 17.8. The van der Waals surface area contributed by atoms with Crippen LogP contribution in [0.2, 0.25) is 0 Å². The molecule has 0 heterocycles. The zero-order valence-electron chi connectivity index (χ0n) is 15.8. The highest BCUT2D eigenvalue weighted by Gasteiger charge is 2.63. The lowest BCUT2D eigenvalue weighted by Gasteiger charge is -2.44.